The molecule has 1 aliphatic heterocycles. The zero-order chi connectivity index (χ0) is 19.3. The first kappa shape index (κ1) is 18.7. The number of anilines is 1. The van der Waals surface area contributed by atoms with Gasteiger partial charge in [0.2, 0.25) is 0 Å². The van der Waals surface area contributed by atoms with Crippen molar-refractivity contribution >= 4 is 23.2 Å². The summed E-state index contributed by atoms with van der Waals surface area (Å²) in [5, 5.41) is 4.40. The number of quaternary nitrogens is 1. The van der Waals surface area contributed by atoms with Crippen LogP contribution in [0.3, 0.4) is 0 Å². The van der Waals surface area contributed by atoms with Crippen LogP contribution in [0, 0.1) is 17.8 Å². The van der Waals surface area contributed by atoms with Crippen molar-refractivity contribution < 1.29 is 9.69 Å². The van der Waals surface area contributed by atoms with Crippen LogP contribution in [0.5, 0.6) is 0 Å². The number of rotatable bonds is 4. The maximum atomic E-state index is 13.2. The van der Waals surface area contributed by atoms with E-state index in [1.54, 1.807) is 0 Å². The molecular formula is C23H33ClN3O+. The van der Waals surface area contributed by atoms with E-state index in [9.17, 15) is 4.79 Å². The number of halogens is 1. The summed E-state index contributed by atoms with van der Waals surface area (Å²) in [6.07, 6.45) is 7.94. The molecule has 4 saturated carbocycles. The van der Waals surface area contributed by atoms with Gasteiger partial charge in [-0.25, -0.2) is 0 Å². The molecule has 0 radical (unpaired) electrons. The summed E-state index contributed by atoms with van der Waals surface area (Å²) in [7, 11) is 0. The number of carbonyl (C=O) groups is 1. The first-order chi connectivity index (χ1) is 13.5. The molecule has 1 heterocycles. The largest absolute Gasteiger partial charge is 0.359 e. The third kappa shape index (κ3) is 3.43. The molecule has 5 fully saturated rings. The highest BCUT2D eigenvalue weighted by atomic mass is 35.5. The summed E-state index contributed by atoms with van der Waals surface area (Å²) in [5.74, 6) is 2.89. The lowest BCUT2D eigenvalue weighted by atomic mass is 9.53. The molecule has 1 saturated heterocycles. The molecule has 4 aliphatic carbocycles. The van der Waals surface area contributed by atoms with Gasteiger partial charge in [-0.1, -0.05) is 23.7 Å². The molecule has 5 heteroatoms. The Morgan fingerprint density at radius 3 is 2.25 bits per heavy atom. The monoisotopic (exact) mass is 402 g/mol. The van der Waals surface area contributed by atoms with Gasteiger partial charge in [-0.05, 0) is 75.3 Å². The Kier molecular flexibility index (Phi) is 4.83. The van der Waals surface area contributed by atoms with E-state index in [-0.39, 0.29) is 17.5 Å². The third-order valence-corrected chi connectivity index (χ3v) is 8.35. The highest BCUT2D eigenvalue weighted by Gasteiger charge is 2.52. The lowest BCUT2D eigenvalue weighted by Crippen LogP contribution is -3.19. The summed E-state index contributed by atoms with van der Waals surface area (Å²) in [6.45, 7) is 6.00. The number of para-hydroxylation sites is 1. The zero-order valence-corrected chi connectivity index (χ0v) is 17.7. The van der Waals surface area contributed by atoms with Crippen molar-refractivity contribution in [2.45, 2.75) is 57.0 Å². The molecule has 1 amide bonds. The van der Waals surface area contributed by atoms with E-state index in [2.05, 4.69) is 23.2 Å². The Morgan fingerprint density at radius 2 is 1.68 bits per heavy atom. The third-order valence-electron chi connectivity index (χ3n) is 8.03. The van der Waals surface area contributed by atoms with Gasteiger partial charge in [-0.3, -0.25) is 4.79 Å². The van der Waals surface area contributed by atoms with Crippen LogP contribution < -0.4 is 15.1 Å². The molecule has 2 N–H and O–H groups in total. The molecule has 152 valence electrons. The molecule has 1 aromatic rings. The summed E-state index contributed by atoms with van der Waals surface area (Å²) in [6, 6.07) is 8.10. The molecule has 28 heavy (non-hydrogen) atoms. The number of hydrogen-bond acceptors (Lipinski definition) is 2. The molecule has 4 nitrogen and oxygen atoms in total. The van der Waals surface area contributed by atoms with E-state index in [1.807, 2.05) is 18.2 Å². The first-order valence-electron chi connectivity index (χ1n) is 11.2. The molecule has 1 aromatic carbocycles. The van der Waals surface area contributed by atoms with Crippen LogP contribution in [0.4, 0.5) is 5.69 Å². The summed E-state index contributed by atoms with van der Waals surface area (Å²) in [4.78, 5) is 16.9. The maximum absolute atomic E-state index is 13.2. The Hall–Kier alpha value is -1.26. The van der Waals surface area contributed by atoms with Gasteiger partial charge in [-0.2, -0.15) is 0 Å². The van der Waals surface area contributed by atoms with E-state index in [4.69, 9.17) is 11.6 Å². The Balaban J connectivity index is 1.19. The number of piperazine rings is 1. The topological polar surface area (TPSA) is 36.8 Å². The van der Waals surface area contributed by atoms with E-state index in [0.717, 1.165) is 54.6 Å². The predicted molar refractivity (Wildman–Crippen MR) is 113 cm³/mol. The van der Waals surface area contributed by atoms with Gasteiger partial charge >= 0.3 is 0 Å². The fourth-order valence-corrected chi connectivity index (χ4v) is 7.25. The Bertz CT molecular complexity index is 708. The van der Waals surface area contributed by atoms with Crippen LogP contribution in [0.25, 0.3) is 0 Å². The van der Waals surface area contributed by atoms with Gasteiger partial charge in [0, 0.05) is 5.54 Å². The minimum atomic E-state index is 0.0291. The van der Waals surface area contributed by atoms with Crippen LogP contribution >= 0.6 is 11.6 Å². The standard InChI is InChI=1S/C23H32ClN3O/c1-16(26-6-8-27(9-7-26)21-5-3-2-4-20(21)24)22(28)25-23-13-17-10-18(14-23)12-19(11-17)15-23/h2-5,16-19H,6-15H2,1H3,(H,25,28)/p+1/t16-,17?,18?,19?,23?/m0/s1. The molecule has 5 aliphatic rings. The van der Waals surface area contributed by atoms with Crippen molar-refractivity contribution in [1.82, 2.24) is 5.32 Å². The quantitative estimate of drug-likeness (QED) is 0.811. The lowest BCUT2D eigenvalue weighted by Gasteiger charge is -2.57. The summed E-state index contributed by atoms with van der Waals surface area (Å²) in [5.41, 5.74) is 1.24. The molecule has 6 rings (SSSR count). The number of hydrogen-bond donors (Lipinski definition) is 2. The lowest BCUT2D eigenvalue weighted by molar-refractivity contribution is -0.914. The van der Waals surface area contributed by atoms with Crippen molar-refractivity contribution in [3.8, 4) is 0 Å². The van der Waals surface area contributed by atoms with Gasteiger partial charge < -0.3 is 15.1 Å². The molecule has 0 spiro atoms. The fraction of sp³-hybridized carbons (Fsp3) is 0.696. The highest BCUT2D eigenvalue weighted by Crippen LogP contribution is 2.55. The van der Waals surface area contributed by atoms with Crippen LogP contribution in [0.2, 0.25) is 5.02 Å². The van der Waals surface area contributed by atoms with Crippen molar-refractivity contribution in [3.05, 3.63) is 29.3 Å². The molecule has 0 aromatic heterocycles. The van der Waals surface area contributed by atoms with Crippen LogP contribution in [0.15, 0.2) is 24.3 Å². The van der Waals surface area contributed by atoms with E-state index in [1.165, 1.54) is 43.4 Å². The van der Waals surface area contributed by atoms with E-state index in [0.29, 0.717) is 0 Å². The molecule has 0 unspecified atom stereocenters. The van der Waals surface area contributed by atoms with Gasteiger partial charge in [0.05, 0.1) is 36.9 Å². The van der Waals surface area contributed by atoms with Gasteiger partial charge in [0.1, 0.15) is 0 Å². The predicted octanol–water partition coefficient (Wildman–Crippen LogP) is 2.52. The number of carbonyl (C=O) groups excluding carboxylic acids is 1. The van der Waals surface area contributed by atoms with Crippen LogP contribution in [-0.2, 0) is 4.79 Å². The van der Waals surface area contributed by atoms with Crippen LogP contribution in [0.1, 0.15) is 45.4 Å². The van der Waals surface area contributed by atoms with Gasteiger partial charge in [-0.15, -0.1) is 0 Å². The number of amides is 1. The first-order valence-corrected chi connectivity index (χ1v) is 11.6. The number of nitrogens with one attached hydrogen (secondary N) is 2. The van der Waals surface area contributed by atoms with Gasteiger partial charge in [0.25, 0.3) is 5.91 Å². The van der Waals surface area contributed by atoms with Crippen molar-refractivity contribution in [1.29, 1.82) is 0 Å². The Morgan fingerprint density at radius 1 is 1.11 bits per heavy atom. The summed E-state index contributed by atoms with van der Waals surface area (Å²) >= 11 is 6.37. The molecule has 1 atom stereocenters. The molecular weight excluding hydrogens is 370 g/mol. The van der Waals surface area contributed by atoms with E-state index < -0.39 is 0 Å². The second-order valence-electron chi connectivity index (χ2n) is 10.0. The van der Waals surface area contributed by atoms with Crippen molar-refractivity contribution in [3.63, 3.8) is 0 Å². The highest BCUT2D eigenvalue weighted by molar-refractivity contribution is 6.33. The number of nitrogens with zero attached hydrogens (tertiary/aromatic N) is 1. The zero-order valence-electron chi connectivity index (χ0n) is 16.9. The minimum Gasteiger partial charge on any atom is -0.359 e. The van der Waals surface area contributed by atoms with Crippen LogP contribution in [-0.4, -0.2) is 43.7 Å². The van der Waals surface area contributed by atoms with Crippen molar-refractivity contribution in [2.75, 3.05) is 31.1 Å². The van der Waals surface area contributed by atoms with Crippen molar-refractivity contribution in [2.24, 2.45) is 17.8 Å². The number of benzene rings is 1. The maximum Gasteiger partial charge on any atom is 0.278 e. The average Bonchev–Trinajstić information content (AvgIpc) is 2.66. The smallest absolute Gasteiger partial charge is 0.278 e. The average molecular weight is 403 g/mol. The molecule has 4 bridgehead atoms. The second-order valence-corrected chi connectivity index (χ2v) is 10.4. The van der Waals surface area contributed by atoms with E-state index >= 15 is 0 Å². The SMILES string of the molecule is C[C@@H](C(=O)NC12CC3CC(CC(C3)C1)C2)[NH+]1CCN(c2ccccc2Cl)CC1. The minimum absolute atomic E-state index is 0.0291. The normalized spacial score (nSPS) is 35.8. The second kappa shape index (κ2) is 7.21. The Labute approximate surface area is 173 Å². The van der Waals surface area contributed by atoms with Gasteiger partial charge in [0.15, 0.2) is 6.04 Å². The summed E-state index contributed by atoms with van der Waals surface area (Å²) < 4.78 is 0. The fourth-order valence-electron chi connectivity index (χ4n) is 6.99.